The molecule has 0 aromatic heterocycles. The fourth-order valence-electron chi connectivity index (χ4n) is 2.00. The molecule has 0 spiro atoms. The number of aromatic hydroxyl groups is 2. The van der Waals surface area contributed by atoms with Crippen molar-refractivity contribution in [3.8, 4) is 11.5 Å². The molecule has 0 fully saturated rings. The van der Waals surface area contributed by atoms with Crippen molar-refractivity contribution in [2.45, 2.75) is 19.6 Å². The van der Waals surface area contributed by atoms with Crippen molar-refractivity contribution in [1.29, 1.82) is 0 Å². The first kappa shape index (κ1) is 13.2. The Kier molecular flexibility index (Phi) is 3.92. The van der Waals surface area contributed by atoms with E-state index < -0.39 is 0 Å². The topological polar surface area (TPSA) is 72.7 Å². The molecule has 100 valence electrons. The molecule has 0 aliphatic heterocycles. The number of para-hydroxylation sites is 1. The number of benzene rings is 2. The van der Waals surface area contributed by atoms with Crippen LogP contribution in [-0.4, -0.2) is 15.3 Å². The van der Waals surface area contributed by atoms with Gasteiger partial charge in [0, 0.05) is 16.8 Å². The van der Waals surface area contributed by atoms with Crippen LogP contribution >= 0.6 is 0 Å². The quantitative estimate of drug-likeness (QED) is 0.637. The standard InChI is InChI=1S/C15H17NO3/c1-10(13-8-12(18)6-7-15(13)19)16-14-5-3-2-4-11(14)9-17/h2-8,10,16-19H,9H2,1H3. The molecule has 4 heteroatoms. The van der Waals surface area contributed by atoms with Gasteiger partial charge in [-0.25, -0.2) is 0 Å². The van der Waals surface area contributed by atoms with Crippen LogP contribution in [0.4, 0.5) is 5.69 Å². The van der Waals surface area contributed by atoms with Gasteiger partial charge < -0.3 is 20.6 Å². The van der Waals surface area contributed by atoms with Gasteiger partial charge in [0.1, 0.15) is 11.5 Å². The summed E-state index contributed by atoms with van der Waals surface area (Å²) in [6.07, 6.45) is 0. The Labute approximate surface area is 112 Å². The second kappa shape index (κ2) is 5.63. The summed E-state index contributed by atoms with van der Waals surface area (Å²) >= 11 is 0. The predicted molar refractivity (Wildman–Crippen MR) is 74.2 cm³/mol. The predicted octanol–water partition coefficient (Wildman–Crippen LogP) is 2.76. The molecule has 0 saturated heterocycles. The summed E-state index contributed by atoms with van der Waals surface area (Å²) in [5.74, 6) is 0.233. The van der Waals surface area contributed by atoms with Crippen molar-refractivity contribution < 1.29 is 15.3 Å². The van der Waals surface area contributed by atoms with Gasteiger partial charge in [-0.3, -0.25) is 0 Å². The summed E-state index contributed by atoms with van der Waals surface area (Å²) in [6.45, 7) is 1.82. The number of aliphatic hydroxyl groups excluding tert-OH is 1. The number of phenolic OH excluding ortho intramolecular Hbond substituents is 2. The van der Waals surface area contributed by atoms with Crippen molar-refractivity contribution in [3.05, 3.63) is 53.6 Å². The van der Waals surface area contributed by atoms with Gasteiger partial charge in [0.2, 0.25) is 0 Å². The highest BCUT2D eigenvalue weighted by Gasteiger charge is 2.12. The lowest BCUT2D eigenvalue weighted by Crippen LogP contribution is -2.08. The molecule has 0 heterocycles. The molecule has 1 unspecified atom stereocenters. The molecule has 0 aliphatic carbocycles. The van der Waals surface area contributed by atoms with Crippen molar-refractivity contribution in [2.24, 2.45) is 0 Å². The molecule has 0 radical (unpaired) electrons. The van der Waals surface area contributed by atoms with E-state index in [-0.39, 0.29) is 24.1 Å². The van der Waals surface area contributed by atoms with Gasteiger partial charge in [0.05, 0.1) is 12.6 Å². The normalized spacial score (nSPS) is 12.1. The van der Waals surface area contributed by atoms with Gasteiger partial charge in [-0.15, -0.1) is 0 Å². The molecule has 2 aromatic rings. The average Bonchev–Trinajstić information content (AvgIpc) is 2.42. The highest BCUT2D eigenvalue weighted by Crippen LogP contribution is 2.30. The minimum atomic E-state index is -0.195. The molecule has 19 heavy (non-hydrogen) atoms. The molecule has 2 rings (SSSR count). The van der Waals surface area contributed by atoms with E-state index in [1.807, 2.05) is 31.2 Å². The number of aliphatic hydroxyl groups is 1. The molecule has 1 atom stereocenters. The van der Waals surface area contributed by atoms with Crippen molar-refractivity contribution in [2.75, 3.05) is 5.32 Å². The second-order valence-electron chi connectivity index (χ2n) is 4.42. The molecule has 4 N–H and O–H groups in total. The first-order chi connectivity index (χ1) is 9.11. The Bertz CT molecular complexity index is 569. The van der Waals surface area contributed by atoms with Gasteiger partial charge in [-0.1, -0.05) is 18.2 Å². The van der Waals surface area contributed by atoms with E-state index in [9.17, 15) is 15.3 Å². The van der Waals surface area contributed by atoms with Gasteiger partial charge in [-0.2, -0.15) is 0 Å². The lowest BCUT2D eigenvalue weighted by atomic mass is 10.1. The number of hydrogen-bond acceptors (Lipinski definition) is 4. The molecule has 0 saturated carbocycles. The summed E-state index contributed by atoms with van der Waals surface area (Å²) in [6, 6.07) is 11.6. The first-order valence-electron chi connectivity index (χ1n) is 6.09. The molecule has 0 aliphatic rings. The van der Waals surface area contributed by atoms with E-state index in [4.69, 9.17) is 0 Å². The van der Waals surface area contributed by atoms with Gasteiger partial charge in [-0.05, 0) is 31.2 Å². The maximum Gasteiger partial charge on any atom is 0.121 e. The smallest absolute Gasteiger partial charge is 0.121 e. The van der Waals surface area contributed by atoms with Crippen molar-refractivity contribution >= 4 is 5.69 Å². The van der Waals surface area contributed by atoms with Crippen LogP contribution in [0.2, 0.25) is 0 Å². The lowest BCUT2D eigenvalue weighted by molar-refractivity contribution is 0.282. The number of nitrogens with one attached hydrogen (secondary N) is 1. The van der Waals surface area contributed by atoms with Gasteiger partial charge >= 0.3 is 0 Å². The Balaban J connectivity index is 2.25. The molecular weight excluding hydrogens is 242 g/mol. The van der Waals surface area contributed by atoms with Crippen LogP contribution in [0.5, 0.6) is 11.5 Å². The SMILES string of the molecule is CC(Nc1ccccc1CO)c1cc(O)ccc1O. The summed E-state index contributed by atoms with van der Waals surface area (Å²) in [5, 5.41) is 31.8. The molecular formula is C15H17NO3. The lowest BCUT2D eigenvalue weighted by Gasteiger charge is -2.19. The summed E-state index contributed by atoms with van der Waals surface area (Å²) in [5.41, 5.74) is 2.20. The third kappa shape index (κ3) is 2.98. The highest BCUT2D eigenvalue weighted by atomic mass is 16.3. The number of hydrogen-bond donors (Lipinski definition) is 4. The summed E-state index contributed by atoms with van der Waals surface area (Å²) in [7, 11) is 0. The first-order valence-corrected chi connectivity index (χ1v) is 6.09. The zero-order valence-corrected chi connectivity index (χ0v) is 10.7. The van der Waals surface area contributed by atoms with E-state index >= 15 is 0 Å². The zero-order valence-electron chi connectivity index (χ0n) is 10.7. The molecule has 4 nitrogen and oxygen atoms in total. The van der Waals surface area contributed by atoms with Crippen LogP contribution < -0.4 is 5.32 Å². The largest absolute Gasteiger partial charge is 0.508 e. The number of rotatable bonds is 4. The van der Waals surface area contributed by atoms with E-state index in [1.54, 1.807) is 0 Å². The molecule has 2 aromatic carbocycles. The summed E-state index contributed by atoms with van der Waals surface area (Å²) < 4.78 is 0. The Morgan fingerprint density at radius 2 is 1.84 bits per heavy atom. The molecule has 0 bridgehead atoms. The minimum Gasteiger partial charge on any atom is -0.508 e. The fraction of sp³-hybridized carbons (Fsp3) is 0.200. The maximum atomic E-state index is 9.81. The number of phenols is 2. The van der Waals surface area contributed by atoms with Crippen molar-refractivity contribution in [3.63, 3.8) is 0 Å². The monoisotopic (exact) mass is 259 g/mol. The van der Waals surface area contributed by atoms with E-state index in [2.05, 4.69) is 5.32 Å². The van der Waals surface area contributed by atoms with E-state index in [0.29, 0.717) is 5.56 Å². The average molecular weight is 259 g/mol. The van der Waals surface area contributed by atoms with Crippen LogP contribution in [0.3, 0.4) is 0 Å². The van der Waals surface area contributed by atoms with Crippen molar-refractivity contribution in [1.82, 2.24) is 0 Å². The van der Waals surface area contributed by atoms with Crippen LogP contribution in [0.15, 0.2) is 42.5 Å². The van der Waals surface area contributed by atoms with Crippen LogP contribution in [0.1, 0.15) is 24.1 Å². The third-order valence-electron chi connectivity index (χ3n) is 3.04. The van der Waals surface area contributed by atoms with Crippen LogP contribution in [-0.2, 0) is 6.61 Å². The third-order valence-corrected chi connectivity index (χ3v) is 3.04. The Morgan fingerprint density at radius 1 is 1.11 bits per heavy atom. The van der Waals surface area contributed by atoms with E-state index in [1.165, 1.54) is 18.2 Å². The van der Waals surface area contributed by atoms with Crippen LogP contribution in [0, 0.1) is 0 Å². The van der Waals surface area contributed by atoms with E-state index in [0.717, 1.165) is 11.3 Å². The van der Waals surface area contributed by atoms with Gasteiger partial charge in [0.15, 0.2) is 0 Å². The number of anilines is 1. The van der Waals surface area contributed by atoms with Gasteiger partial charge in [0.25, 0.3) is 0 Å². The second-order valence-corrected chi connectivity index (χ2v) is 4.42. The Morgan fingerprint density at radius 3 is 2.58 bits per heavy atom. The highest BCUT2D eigenvalue weighted by molar-refractivity contribution is 5.53. The fourth-order valence-corrected chi connectivity index (χ4v) is 2.00. The summed E-state index contributed by atoms with van der Waals surface area (Å²) in [4.78, 5) is 0. The maximum absolute atomic E-state index is 9.81. The zero-order chi connectivity index (χ0) is 13.8. The minimum absolute atomic E-state index is 0.0537. The van der Waals surface area contributed by atoms with Crippen LogP contribution in [0.25, 0.3) is 0 Å². The Hall–Kier alpha value is -2.20. The molecule has 0 amide bonds.